The standard InChI is InChI=1S/C20H26N4O5/c1-4-29-19(28)23-11-9-22(10-12-23)16(25)13-24-17(26)20(3,21-18(24)27)15-7-5-14(2)6-8-15/h5-8H,4,9-13H2,1-3H3,(H,21,27). The van der Waals surface area contributed by atoms with E-state index < -0.39 is 23.6 Å². The molecule has 2 heterocycles. The molecule has 2 aliphatic rings. The summed E-state index contributed by atoms with van der Waals surface area (Å²) in [6, 6.07) is 6.76. The van der Waals surface area contributed by atoms with Gasteiger partial charge in [0, 0.05) is 26.2 Å². The second kappa shape index (κ2) is 8.10. The van der Waals surface area contributed by atoms with E-state index in [1.807, 2.05) is 19.1 Å². The van der Waals surface area contributed by atoms with Crippen molar-refractivity contribution in [3.05, 3.63) is 35.4 Å². The van der Waals surface area contributed by atoms with Crippen molar-refractivity contribution in [3.8, 4) is 0 Å². The molecule has 0 aromatic heterocycles. The molecule has 1 N–H and O–H groups in total. The van der Waals surface area contributed by atoms with Crippen LogP contribution in [0.1, 0.15) is 25.0 Å². The fourth-order valence-corrected chi connectivity index (χ4v) is 3.51. The molecule has 2 saturated heterocycles. The third kappa shape index (κ3) is 4.03. The van der Waals surface area contributed by atoms with E-state index in [0.29, 0.717) is 38.3 Å². The van der Waals surface area contributed by atoms with Crippen LogP contribution in [0.15, 0.2) is 24.3 Å². The predicted molar refractivity (Wildman–Crippen MR) is 104 cm³/mol. The molecule has 2 aliphatic heterocycles. The number of amides is 5. The number of nitrogens with zero attached hydrogens (tertiary/aromatic N) is 3. The summed E-state index contributed by atoms with van der Waals surface area (Å²) < 4.78 is 4.96. The number of hydrogen-bond acceptors (Lipinski definition) is 5. The van der Waals surface area contributed by atoms with Crippen LogP contribution in [0.5, 0.6) is 0 Å². The van der Waals surface area contributed by atoms with Crippen molar-refractivity contribution in [2.45, 2.75) is 26.3 Å². The zero-order valence-corrected chi connectivity index (χ0v) is 16.9. The van der Waals surface area contributed by atoms with Crippen molar-refractivity contribution in [3.63, 3.8) is 0 Å². The number of urea groups is 1. The highest BCUT2D eigenvalue weighted by Crippen LogP contribution is 2.29. The Morgan fingerprint density at radius 1 is 1.07 bits per heavy atom. The van der Waals surface area contributed by atoms with Gasteiger partial charge in [0.05, 0.1) is 6.61 Å². The number of piperazine rings is 1. The van der Waals surface area contributed by atoms with Crippen molar-refractivity contribution in [2.24, 2.45) is 0 Å². The average molecular weight is 402 g/mol. The van der Waals surface area contributed by atoms with Gasteiger partial charge in [-0.25, -0.2) is 9.59 Å². The van der Waals surface area contributed by atoms with Crippen molar-refractivity contribution in [2.75, 3.05) is 39.3 Å². The van der Waals surface area contributed by atoms with E-state index in [1.54, 1.807) is 30.9 Å². The van der Waals surface area contributed by atoms with Gasteiger partial charge in [-0.2, -0.15) is 0 Å². The molecular formula is C20H26N4O5. The zero-order valence-electron chi connectivity index (χ0n) is 16.9. The molecule has 0 aliphatic carbocycles. The van der Waals surface area contributed by atoms with E-state index in [0.717, 1.165) is 10.5 Å². The van der Waals surface area contributed by atoms with Crippen LogP contribution >= 0.6 is 0 Å². The number of aryl methyl sites for hydroxylation is 1. The first kappa shape index (κ1) is 20.6. The largest absolute Gasteiger partial charge is 0.450 e. The fourth-order valence-electron chi connectivity index (χ4n) is 3.51. The average Bonchev–Trinajstić information content (AvgIpc) is 2.92. The van der Waals surface area contributed by atoms with Gasteiger partial charge in [0.1, 0.15) is 12.1 Å². The molecule has 3 rings (SSSR count). The second-order valence-corrected chi connectivity index (χ2v) is 7.38. The van der Waals surface area contributed by atoms with E-state index in [9.17, 15) is 19.2 Å². The first-order valence-corrected chi connectivity index (χ1v) is 9.67. The maximum atomic E-state index is 13.0. The first-order chi connectivity index (χ1) is 13.8. The number of imide groups is 1. The minimum atomic E-state index is -1.20. The van der Waals surface area contributed by atoms with Gasteiger partial charge < -0.3 is 19.9 Å². The molecular weight excluding hydrogens is 376 g/mol. The fraction of sp³-hybridized carbons (Fsp3) is 0.500. The number of rotatable bonds is 4. The monoisotopic (exact) mass is 402 g/mol. The van der Waals surface area contributed by atoms with E-state index in [4.69, 9.17) is 4.74 Å². The summed E-state index contributed by atoms with van der Waals surface area (Å²) in [4.78, 5) is 53.8. The minimum absolute atomic E-state index is 0.296. The first-order valence-electron chi connectivity index (χ1n) is 9.67. The molecule has 2 fully saturated rings. The van der Waals surface area contributed by atoms with Gasteiger partial charge in [0.25, 0.3) is 5.91 Å². The molecule has 0 radical (unpaired) electrons. The van der Waals surface area contributed by atoms with E-state index >= 15 is 0 Å². The summed E-state index contributed by atoms with van der Waals surface area (Å²) in [5, 5.41) is 2.71. The molecule has 1 atom stereocenters. The Kier molecular flexibility index (Phi) is 5.76. The third-order valence-electron chi connectivity index (χ3n) is 5.36. The maximum Gasteiger partial charge on any atom is 0.409 e. The number of hydrogen-bond donors (Lipinski definition) is 1. The van der Waals surface area contributed by atoms with E-state index in [2.05, 4.69) is 5.32 Å². The lowest BCUT2D eigenvalue weighted by Crippen LogP contribution is -2.53. The molecule has 9 heteroatoms. The Balaban J connectivity index is 1.62. The van der Waals surface area contributed by atoms with Crippen LogP contribution in [0.25, 0.3) is 0 Å². The molecule has 5 amide bonds. The van der Waals surface area contributed by atoms with Crippen LogP contribution < -0.4 is 5.32 Å². The summed E-state index contributed by atoms with van der Waals surface area (Å²) in [5.74, 6) is -0.782. The van der Waals surface area contributed by atoms with Crippen LogP contribution in [0.3, 0.4) is 0 Å². The zero-order chi connectivity index (χ0) is 21.2. The predicted octanol–water partition coefficient (Wildman–Crippen LogP) is 1.06. The Morgan fingerprint density at radius 3 is 2.24 bits per heavy atom. The smallest absolute Gasteiger partial charge is 0.409 e. The van der Waals surface area contributed by atoms with Gasteiger partial charge in [-0.1, -0.05) is 29.8 Å². The molecule has 156 valence electrons. The van der Waals surface area contributed by atoms with Gasteiger partial charge in [0.15, 0.2) is 0 Å². The topological polar surface area (TPSA) is 99.3 Å². The quantitative estimate of drug-likeness (QED) is 0.760. The number of carbonyl (C=O) groups is 4. The van der Waals surface area contributed by atoms with Crippen LogP contribution in [-0.4, -0.2) is 78.0 Å². The molecule has 1 unspecified atom stereocenters. The van der Waals surface area contributed by atoms with E-state index in [1.165, 1.54) is 4.90 Å². The molecule has 1 aromatic rings. The molecule has 29 heavy (non-hydrogen) atoms. The lowest BCUT2D eigenvalue weighted by atomic mass is 9.91. The molecule has 9 nitrogen and oxygen atoms in total. The molecule has 0 spiro atoms. The summed E-state index contributed by atoms with van der Waals surface area (Å²) in [6.45, 7) is 6.65. The summed E-state index contributed by atoms with van der Waals surface area (Å²) in [7, 11) is 0. The Hall–Kier alpha value is -3.10. The second-order valence-electron chi connectivity index (χ2n) is 7.38. The number of carbonyl (C=O) groups excluding carboxylic acids is 4. The Bertz CT molecular complexity index is 817. The Labute approximate surface area is 169 Å². The highest BCUT2D eigenvalue weighted by molar-refractivity contribution is 6.09. The van der Waals surface area contributed by atoms with Crippen molar-refractivity contribution in [1.82, 2.24) is 20.0 Å². The number of ether oxygens (including phenoxy) is 1. The van der Waals surface area contributed by atoms with Gasteiger partial charge in [-0.15, -0.1) is 0 Å². The van der Waals surface area contributed by atoms with Crippen molar-refractivity contribution in [1.29, 1.82) is 0 Å². The highest BCUT2D eigenvalue weighted by Gasteiger charge is 2.49. The van der Waals surface area contributed by atoms with Gasteiger partial charge in [-0.3, -0.25) is 14.5 Å². The number of nitrogens with one attached hydrogen (secondary N) is 1. The molecule has 1 aromatic carbocycles. The number of benzene rings is 1. The minimum Gasteiger partial charge on any atom is -0.450 e. The van der Waals surface area contributed by atoms with Crippen molar-refractivity contribution >= 4 is 23.9 Å². The van der Waals surface area contributed by atoms with Crippen LogP contribution in [0.4, 0.5) is 9.59 Å². The van der Waals surface area contributed by atoms with Gasteiger partial charge in [-0.05, 0) is 26.3 Å². The summed E-state index contributed by atoms with van der Waals surface area (Å²) in [6.07, 6.45) is -0.400. The SMILES string of the molecule is CCOC(=O)N1CCN(C(=O)CN2C(=O)NC(C)(c3ccc(C)cc3)C2=O)CC1. The van der Waals surface area contributed by atoms with Gasteiger partial charge in [0.2, 0.25) is 5.91 Å². The molecule has 0 bridgehead atoms. The van der Waals surface area contributed by atoms with Crippen LogP contribution in [0.2, 0.25) is 0 Å². The Morgan fingerprint density at radius 2 is 1.66 bits per heavy atom. The lowest BCUT2D eigenvalue weighted by Gasteiger charge is -2.34. The van der Waals surface area contributed by atoms with E-state index in [-0.39, 0.29) is 12.5 Å². The van der Waals surface area contributed by atoms with Crippen LogP contribution in [-0.2, 0) is 19.9 Å². The maximum absolute atomic E-state index is 13.0. The highest BCUT2D eigenvalue weighted by atomic mass is 16.6. The van der Waals surface area contributed by atoms with Gasteiger partial charge >= 0.3 is 12.1 Å². The normalized spacial score (nSPS) is 22.0. The van der Waals surface area contributed by atoms with Crippen molar-refractivity contribution < 1.29 is 23.9 Å². The lowest BCUT2D eigenvalue weighted by molar-refractivity contribution is -0.139. The third-order valence-corrected chi connectivity index (χ3v) is 5.36. The molecule has 0 saturated carbocycles. The summed E-state index contributed by atoms with van der Waals surface area (Å²) >= 11 is 0. The summed E-state index contributed by atoms with van der Waals surface area (Å²) in [5.41, 5.74) is 0.510. The van der Waals surface area contributed by atoms with Crippen LogP contribution in [0, 0.1) is 6.92 Å².